The molecule has 1 aromatic carbocycles. The first-order valence-electron chi connectivity index (χ1n) is 13.4. The second-order valence-electron chi connectivity index (χ2n) is 10.3. The Hall–Kier alpha value is -3.56. The quantitative estimate of drug-likeness (QED) is 0.460. The SMILES string of the molecule is CNc1ccc(N2CCCC(N(CC3=C(Cl)CNC=C3)Cc3cn4c5c(cc(F)cc5c3=O)OCC4)C2)cn1. The van der Waals surface area contributed by atoms with E-state index in [0.29, 0.717) is 55.0 Å². The third kappa shape index (κ3) is 5.21. The topological polar surface area (TPSA) is 74.7 Å². The van der Waals surface area contributed by atoms with Crippen molar-refractivity contribution in [2.75, 3.05) is 50.1 Å². The van der Waals surface area contributed by atoms with Gasteiger partial charge in [0.15, 0.2) is 5.43 Å². The number of rotatable bonds is 7. The van der Waals surface area contributed by atoms with Crippen molar-refractivity contribution in [2.24, 2.45) is 0 Å². The lowest BCUT2D eigenvalue weighted by atomic mass is 10.0. The van der Waals surface area contributed by atoms with Gasteiger partial charge in [-0.3, -0.25) is 9.69 Å². The van der Waals surface area contributed by atoms with Crippen LogP contribution in [0.1, 0.15) is 18.4 Å². The van der Waals surface area contributed by atoms with Crippen molar-refractivity contribution < 1.29 is 9.13 Å². The third-order valence-corrected chi connectivity index (χ3v) is 8.18. The molecule has 3 aliphatic heterocycles. The number of anilines is 2. The van der Waals surface area contributed by atoms with E-state index in [4.69, 9.17) is 16.3 Å². The van der Waals surface area contributed by atoms with Gasteiger partial charge in [0.1, 0.15) is 24.0 Å². The zero-order valence-corrected chi connectivity index (χ0v) is 22.7. The summed E-state index contributed by atoms with van der Waals surface area (Å²) in [7, 11) is 1.86. The Bertz CT molecular complexity index is 1500. The summed E-state index contributed by atoms with van der Waals surface area (Å²) in [4.78, 5) is 22.9. The number of nitrogens with zero attached hydrogens (tertiary/aromatic N) is 4. The van der Waals surface area contributed by atoms with Crippen molar-refractivity contribution in [3.63, 3.8) is 0 Å². The van der Waals surface area contributed by atoms with E-state index >= 15 is 0 Å². The highest BCUT2D eigenvalue weighted by Gasteiger charge is 2.28. The summed E-state index contributed by atoms with van der Waals surface area (Å²) in [6.07, 6.45) is 9.78. The maximum absolute atomic E-state index is 14.4. The fourth-order valence-corrected chi connectivity index (χ4v) is 5.99. The van der Waals surface area contributed by atoms with E-state index in [1.807, 2.05) is 42.4 Å². The van der Waals surface area contributed by atoms with Gasteiger partial charge in [-0.1, -0.05) is 11.6 Å². The van der Waals surface area contributed by atoms with Crippen molar-refractivity contribution in [1.29, 1.82) is 0 Å². The molecule has 0 amide bonds. The molecule has 0 bridgehead atoms. The highest BCUT2D eigenvalue weighted by atomic mass is 35.5. The van der Waals surface area contributed by atoms with Crippen LogP contribution in [-0.4, -0.2) is 60.3 Å². The van der Waals surface area contributed by atoms with E-state index < -0.39 is 5.82 Å². The molecule has 5 heterocycles. The van der Waals surface area contributed by atoms with Gasteiger partial charge in [0.2, 0.25) is 0 Å². The Balaban J connectivity index is 1.35. The molecule has 1 atom stereocenters. The number of hydrogen-bond donors (Lipinski definition) is 2. The number of dihydropyridines is 1. The summed E-state index contributed by atoms with van der Waals surface area (Å²) in [5.74, 6) is 0.794. The zero-order valence-electron chi connectivity index (χ0n) is 21.9. The van der Waals surface area contributed by atoms with Crippen LogP contribution in [0.5, 0.6) is 5.75 Å². The van der Waals surface area contributed by atoms with Crippen LogP contribution in [0.2, 0.25) is 0 Å². The Morgan fingerprint density at radius 3 is 2.97 bits per heavy atom. The minimum atomic E-state index is -0.463. The standard InChI is InChI=1S/C29H32ClFN6O2/c1-32-27-5-4-22(13-34-27)35-8-2-3-23(18-35)37(15-19-6-7-33-14-25(19)30)17-20-16-36-9-10-39-26-12-21(31)11-24(28(26)36)29(20)38/h4-7,11-13,16,23,33H,2-3,8-10,14-15,17-18H2,1H3,(H,32,34). The average molecular weight is 551 g/mol. The molecule has 0 saturated carbocycles. The van der Waals surface area contributed by atoms with Crippen molar-refractivity contribution >= 4 is 34.0 Å². The predicted octanol–water partition coefficient (Wildman–Crippen LogP) is 4.05. The van der Waals surface area contributed by atoms with Crippen molar-refractivity contribution in [2.45, 2.75) is 32.0 Å². The Kier molecular flexibility index (Phi) is 7.18. The number of halogens is 2. The van der Waals surface area contributed by atoms with Gasteiger partial charge >= 0.3 is 0 Å². The Morgan fingerprint density at radius 2 is 2.18 bits per heavy atom. The maximum atomic E-state index is 14.4. The molecule has 39 heavy (non-hydrogen) atoms. The molecule has 10 heteroatoms. The summed E-state index contributed by atoms with van der Waals surface area (Å²) in [6, 6.07) is 6.95. The molecule has 3 aliphatic rings. The maximum Gasteiger partial charge on any atom is 0.194 e. The van der Waals surface area contributed by atoms with Gasteiger partial charge in [0, 0.05) is 62.1 Å². The molecular formula is C29H32ClFN6O2. The smallest absolute Gasteiger partial charge is 0.194 e. The van der Waals surface area contributed by atoms with E-state index in [1.165, 1.54) is 12.1 Å². The molecule has 2 aromatic heterocycles. The van der Waals surface area contributed by atoms with Gasteiger partial charge in [-0.25, -0.2) is 9.37 Å². The minimum absolute atomic E-state index is 0.155. The van der Waals surface area contributed by atoms with E-state index in [1.54, 1.807) is 0 Å². The molecule has 3 aromatic rings. The number of piperidine rings is 1. The van der Waals surface area contributed by atoms with Gasteiger partial charge in [-0.05, 0) is 48.9 Å². The minimum Gasteiger partial charge on any atom is -0.489 e. The Labute approximate surface area is 231 Å². The molecule has 204 valence electrons. The number of pyridine rings is 2. The van der Waals surface area contributed by atoms with E-state index in [-0.39, 0.29) is 11.5 Å². The summed E-state index contributed by atoms with van der Waals surface area (Å²) in [5.41, 5.74) is 3.27. The number of hydrogen-bond acceptors (Lipinski definition) is 7. The Morgan fingerprint density at radius 1 is 1.28 bits per heavy atom. The second-order valence-corrected chi connectivity index (χ2v) is 10.7. The van der Waals surface area contributed by atoms with Crippen LogP contribution in [0.4, 0.5) is 15.9 Å². The molecule has 0 aliphatic carbocycles. The van der Waals surface area contributed by atoms with Crippen LogP contribution in [0.25, 0.3) is 10.9 Å². The van der Waals surface area contributed by atoms with E-state index in [2.05, 4.69) is 31.5 Å². The van der Waals surface area contributed by atoms with Crippen molar-refractivity contribution in [3.8, 4) is 5.75 Å². The van der Waals surface area contributed by atoms with Gasteiger partial charge in [0.05, 0.1) is 35.9 Å². The van der Waals surface area contributed by atoms with Gasteiger partial charge in [-0.2, -0.15) is 0 Å². The lowest BCUT2D eigenvalue weighted by molar-refractivity contribution is 0.181. The van der Waals surface area contributed by atoms with Crippen LogP contribution >= 0.6 is 11.6 Å². The van der Waals surface area contributed by atoms with E-state index in [9.17, 15) is 9.18 Å². The molecule has 8 nitrogen and oxygen atoms in total. The molecule has 1 unspecified atom stereocenters. The van der Waals surface area contributed by atoms with Gasteiger partial charge in [-0.15, -0.1) is 0 Å². The predicted molar refractivity (Wildman–Crippen MR) is 153 cm³/mol. The summed E-state index contributed by atoms with van der Waals surface area (Å²) < 4.78 is 22.1. The average Bonchev–Trinajstić information content (AvgIpc) is 2.96. The first-order valence-corrected chi connectivity index (χ1v) is 13.8. The van der Waals surface area contributed by atoms with Crippen molar-refractivity contribution in [3.05, 3.63) is 81.1 Å². The first kappa shape index (κ1) is 25.7. The summed E-state index contributed by atoms with van der Waals surface area (Å²) in [6.45, 7) is 4.45. The fourth-order valence-electron chi connectivity index (χ4n) is 5.79. The molecule has 2 N–H and O–H groups in total. The largest absolute Gasteiger partial charge is 0.489 e. The zero-order chi connectivity index (χ0) is 26.9. The van der Waals surface area contributed by atoms with Gasteiger partial charge in [0.25, 0.3) is 0 Å². The van der Waals surface area contributed by atoms with Crippen LogP contribution in [0.3, 0.4) is 0 Å². The highest BCUT2D eigenvalue weighted by molar-refractivity contribution is 6.30. The monoisotopic (exact) mass is 550 g/mol. The third-order valence-electron chi connectivity index (χ3n) is 7.80. The van der Waals surface area contributed by atoms with E-state index in [0.717, 1.165) is 48.0 Å². The normalized spacial score (nSPS) is 18.9. The molecule has 0 radical (unpaired) electrons. The number of aromatic nitrogens is 2. The lowest BCUT2D eigenvalue weighted by Crippen LogP contribution is -2.49. The van der Waals surface area contributed by atoms with Crippen LogP contribution in [-0.2, 0) is 13.1 Å². The van der Waals surface area contributed by atoms with Crippen LogP contribution < -0.4 is 25.7 Å². The molecule has 1 fully saturated rings. The van der Waals surface area contributed by atoms with Crippen LogP contribution in [0.15, 0.2) is 64.3 Å². The highest BCUT2D eigenvalue weighted by Crippen LogP contribution is 2.30. The second kappa shape index (κ2) is 10.9. The molecule has 0 spiro atoms. The van der Waals surface area contributed by atoms with Crippen molar-refractivity contribution in [1.82, 2.24) is 19.8 Å². The number of ether oxygens (including phenoxy) is 1. The fraction of sp³-hybridized carbons (Fsp3) is 0.379. The summed E-state index contributed by atoms with van der Waals surface area (Å²) >= 11 is 6.61. The first-order chi connectivity index (χ1) is 19.0. The van der Waals surface area contributed by atoms with Crippen LogP contribution in [0, 0.1) is 5.82 Å². The molecular weight excluding hydrogens is 519 g/mol. The summed E-state index contributed by atoms with van der Waals surface area (Å²) in [5, 5.41) is 7.36. The molecule has 1 saturated heterocycles. The van der Waals surface area contributed by atoms with Gasteiger partial charge < -0.3 is 24.8 Å². The number of benzene rings is 1. The number of nitrogens with one attached hydrogen (secondary N) is 2. The lowest BCUT2D eigenvalue weighted by Gasteiger charge is -2.41. The molecule has 6 rings (SSSR count).